The topological polar surface area (TPSA) is 71.0 Å². The first-order chi connectivity index (χ1) is 20.5. The Bertz CT molecular complexity index is 1480. The van der Waals surface area contributed by atoms with Crippen LogP contribution in [0.2, 0.25) is 0 Å². The third kappa shape index (κ3) is 6.00. The smallest absolute Gasteiger partial charge is 0.335 e. The largest absolute Gasteiger partial charge is 0.462 e. The number of rotatable bonds is 8. The van der Waals surface area contributed by atoms with Crippen LogP contribution in [0.1, 0.15) is 48.9 Å². The molecule has 2 fully saturated rings. The van der Waals surface area contributed by atoms with Crippen LogP contribution in [0.3, 0.4) is 0 Å². The van der Waals surface area contributed by atoms with Gasteiger partial charge in [0.1, 0.15) is 18.2 Å². The zero-order valence-corrected chi connectivity index (χ0v) is 24.8. The Labute approximate surface area is 248 Å². The molecule has 3 aromatic rings. The standard InChI is InChI=1S/C34H41N5O3/c1-4-14-38-16-18-39(19-17-38)33-29-13-12-25(21-31(29)35-34(36-33)41-23-26-10-8-15-37(26)3)30-22-27(42-32(40)5-2)20-24-9-6-7-11-28(24)30/h4-7,9,11,14,20,22,25-26H,2,8,10,12-13,15-19,21,23H2,1,3H3. The number of hydrogen-bond acceptors (Lipinski definition) is 8. The molecule has 0 spiro atoms. The number of fused-ring (bicyclic) bond motifs is 2. The summed E-state index contributed by atoms with van der Waals surface area (Å²) >= 11 is 0. The van der Waals surface area contributed by atoms with E-state index >= 15 is 0 Å². The van der Waals surface area contributed by atoms with Gasteiger partial charge in [0.25, 0.3) is 0 Å². The van der Waals surface area contributed by atoms with Crippen molar-refractivity contribution in [2.75, 3.05) is 51.3 Å². The first kappa shape index (κ1) is 28.2. The minimum absolute atomic E-state index is 0.230. The molecule has 220 valence electrons. The lowest BCUT2D eigenvalue weighted by atomic mass is 9.80. The van der Waals surface area contributed by atoms with Crippen molar-refractivity contribution in [3.05, 3.63) is 78.1 Å². The average molecular weight is 568 g/mol. The summed E-state index contributed by atoms with van der Waals surface area (Å²) in [6.07, 6.45) is 10.5. The van der Waals surface area contributed by atoms with Gasteiger partial charge in [-0.15, -0.1) is 0 Å². The van der Waals surface area contributed by atoms with Crippen LogP contribution in [-0.4, -0.2) is 78.2 Å². The van der Waals surface area contributed by atoms with Crippen molar-refractivity contribution in [2.24, 2.45) is 0 Å². The Kier molecular flexibility index (Phi) is 8.42. The summed E-state index contributed by atoms with van der Waals surface area (Å²) < 4.78 is 11.9. The van der Waals surface area contributed by atoms with Crippen LogP contribution in [0.4, 0.5) is 5.82 Å². The number of nitrogens with zero attached hydrogens (tertiary/aromatic N) is 5. The molecule has 6 rings (SSSR count). The van der Waals surface area contributed by atoms with Crippen LogP contribution in [0.15, 0.2) is 61.3 Å². The van der Waals surface area contributed by atoms with Crippen LogP contribution < -0.4 is 14.4 Å². The van der Waals surface area contributed by atoms with Gasteiger partial charge in [0, 0.05) is 43.9 Å². The molecule has 2 saturated heterocycles. The summed E-state index contributed by atoms with van der Waals surface area (Å²) in [5, 5.41) is 2.24. The molecule has 0 radical (unpaired) electrons. The third-order valence-electron chi connectivity index (χ3n) is 8.98. The quantitative estimate of drug-likeness (QED) is 0.211. The second-order valence-electron chi connectivity index (χ2n) is 11.6. The molecule has 0 amide bonds. The van der Waals surface area contributed by atoms with Crippen molar-refractivity contribution in [2.45, 2.75) is 51.0 Å². The van der Waals surface area contributed by atoms with E-state index in [2.05, 4.69) is 65.7 Å². The molecule has 2 aliphatic heterocycles. The lowest BCUT2D eigenvalue weighted by Crippen LogP contribution is -2.45. The maximum absolute atomic E-state index is 12.0. The number of carbonyl (C=O) groups is 1. The highest BCUT2D eigenvalue weighted by Crippen LogP contribution is 2.40. The van der Waals surface area contributed by atoms with Crippen LogP contribution in [0, 0.1) is 0 Å². The molecule has 42 heavy (non-hydrogen) atoms. The summed E-state index contributed by atoms with van der Waals surface area (Å²) in [5.74, 6) is 1.36. The Hall–Kier alpha value is -3.91. The number of hydrogen-bond donors (Lipinski definition) is 0. The summed E-state index contributed by atoms with van der Waals surface area (Å²) in [7, 11) is 2.17. The molecule has 3 heterocycles. The molecule has 0 bridgehead atoms. The summed E-state index contributed by atoms with van der Waals surface area (Å²) in [6, 6.07) is 13.1. The van der Waals surface area contributed by atoms with Gasteiger partial charge in [-0.25, -0.2) is 4.79 Å². The number of ether oxygens (including phenoxy) is 2. The molecule has 0 saturated carbocycles. The second kappa shape index (κ2) is 12.5. The molecule has 2 atom stereocenters. The number of aromatic nitrogens is 2. The average Bonchev–Trinajstić information content (AvgIpc) is 3.43. The van der Waals surface area contributed by atoms with E-state index in [1.807, 2.05) is 18.2 Å². The van der Waals surface area contributed by atoms with Gasteiger partial charge in [0.15, 0.2) is 0 Å². The van der Waals surface area contributed by atoms with Gasteiger partial charge < -0.3 is 24.2 Å². The monoisotopic (exact) mass is 567 g/mol. The number of likely N-dealkylation sites (tertiary alicyclic amines) is 1. The van der Waals surface area contributed by atoms with Gasteiger partial charge in [0.05, 0.1) is 5.69 Å². The van der Waals surface area contributed by atoms with Crippen LogP contribution >= 0.6 is 0 Å². The Morgan fingerprint density at radius 3 is 2.69 bits per heavy atom. The predicted molar refractivity (Wildman–Crippen MR) is 166 cm³/mol. The number of anilines is 1. The fourth-order valence-electron chi connectivity index (χ4n) is 6.69. The lowest BCUT2D eigenvalue weighted by molar-refractivity contribution is -0.128. The first-order valence-electron chi connectivity index (χ1n) is 15.2. The van der Waals surface area contributed by atoms with Crippen molar-refractivity contribution in [1.82, 2.24) is 19.8 Å². The van der Waals surface area contributed by atoms with Crippen LogP contribution in [-0.2, 0) is 17.6 Å². The molecule has 1 aliphatic carbocycles. The molecule has 3 aliphatic rings. The van der Waals surface area contributed by atoms with E-state index in [-0.39, 0.29) is 5.92 Å². The second-order valence-corrected chi connectivity index (χ2v) is 11.6. The van der Waals surface area contributed by atoms with Crippen LogP contribution in [0.25, 0.3) is 10.8 Å². The molecular weight excluding hydrogens is 526 g/mol. The Morgan fingerprint density at radius 1 is 1.10 bits per heavy atom. The van der Waals surface area contributed by atoms with E-state index in [1.54, 1.807) is 0 Å². The first-order valence-corrected chi connectivity index (χ1v) is 15.2. The highest BCUT2D eigenvalue weighted by molar-refractivity contribution is 5.89. The zero-order valence-electron chi connectivity index (χ0n) is 24.8. The number of esters is 1. The van der Waals surface area contributed by atoms with Crippen LogP contribution in [0.5, 0.6) is 11.8 Å². The summed E-state index contributed by atoms with van der Waals surface area (Å²) in [4.78, 5) is 29.3. The van der Waals surface area contributed by atoms with E-state index in [9.17, 15) is 4.79 Å². The maximum Gasteiger partial charge on any atom is 0.335 e. The minimum Gasteiger partial charge on any atom is -0.462 e. The summed E-state index contributed by atoms with van der Waals surface area (Å²) in [6.45, 7) is 11.1. The van der Waals surface area contributed by atoms with Crippen molar-refractivity contribution < 1.29 is 14.3 Å². The Morgan fingerprint density at radius 2 is 1.93 bits per heavy atom. The van der Waals surface area contributed by atoms with Gasteiger partial charge in [0.2, 0.25) is 0 Å². The fourth-order valence-corrected chi connectivity index (χ4v) is 6.69. The highest BCUT2D eigenvalue weighted by atomic mass is 16.5. The number of benzene rings is 2. The molecule has 1 aromatic heterocycles. The fraction of sp³-hybridized carbons (Fsp3) is 0.441. The molecule has 0 N–H and O–H groups in total. The normalized spacial score (nSPS) is 21.1. The number of likely N-dealkylation sites (N-methyl/N-ethyl adjacent to an activating group) is 1. The van der Waals surface area contributed by atoms with Crippen molar-refractivity contribution in [1.29, 1.82) is 0 Å². The van der Waals surface area contributed by atoms with Gasteiger partial charge in [-0.1, -0.05) is 36.9 Å². The SMILES string of the molecule is C=CC(=O)Oc1cc(C2CCc3c(nc(OCC4CCCN4C)nc3N3CCN(C=CC)CC3)C2)c2ccccc2c1. The van der Waals surface area contributed by atoms with E-state index in [4.69, 9.17) is 19.4 Å². The van der Waals surface area contributed by atoms with E-state index in [0.29, 0.717) is 24.4 Å². The Balaban J connectivity index is 1.32. The van der Waals surface area contributed by atoms with Crippen molar-refractivity contribution in [3.8, 4) is 11.8 Å². The highest BCUT2D eigenvalue weighted by Gasteiger charge is 2.30. The van der Waals surface area contributed by atoms with Gasteiger partial charge in [-0.2, -0.15) is 9.97 Å². The van der Waals surface area contributed by atoms with Gasteiger partial charge in [-0.05, 0) is 93.2 Å². The molecule has 8 nitrogen and oxygen atoms in total. The molecule has 8 heteroatoms. The van der Waals surface area contributed by atoms with Gasteiger partial charge in [-0.3, -0.25) is 0 Å². The molecular formula is C34H41N5O3. The van der Waals surface area contributed by atoms with Crippen molar-refractivity contribution >= 4 is 22.6 Å². The number of allylic oxidation sites excluding steroid dienone is 1. The predicted octanol–water partition coefficient (Wildman–Crippen LogP) is 5.12. The molecule has 2 aromatic carbocycles. The third-order valence-corrected chi connectivity index (χ3v) is 8.98. The molecule has 2 unspecified atom stereocenters. The number of piperazine rings is 1. The zero-order chi connectivity index (χ0) is 29.1. The lowest BCUT2D eigenvalue weighted by Gasteiger charge is -2.37. The minimum atomic E-state index is -0.452. The van der Waals surface area contributed by atoms with E-state index < -0.39 is 5.97 Å². The van der Waals surface area contributed by atoms with Gasteiger partial charge >= 0.3 is 12.0 Å². The summed E-state index contributed by atoms with van der Waals surface area (Å²) in [5.41, 5.74) is 3.50. The van der Waals surface area contributed by atoms with Crippen molar-refractivity contribution in [3.63, 3.8) is 0 Å². The number of carbonyl (C=O) groups excluding carboxylic acids is 1. The maximum atomic E-state index is 12.0. The van der Waals surface area contributed by atoms with E-state index in [0.717, 1.165) is 75.3 Å². The van der Waals surface area contributed by atoms with E-state index in [1.165, 1.54) is 29.0 Å².